The molecule has 0 aliphatic carbocycles. The Balaban J connectivity index is 4.00. The maximum atomic E-state index is 11.4. The van der Waals surface area contributed by atoms with Gasteiger partial charge in [0.1, 0.15) is 0 Å². The van der Waals surface area contributed by atoms with Crippen LogP contribution in [0.25, 0.3) is 0 Å². The van der Waals surface area contributed by atoms with Crippen molar-refractivity contribution in [3.63, 3.8) is 0 Å². The first-order valence-electron chi connectivity index (χ1n) is 5.78. The third-order valence-electron chi connectivity index (χ3n) is 2.45. The molecule has 0 bridgehead atoms. The number of esters is 2. The van der Waals surface area contributed by atoms with Gasteiger partial charge < -0.3 is 4.74 Å². The van der Waals surface area contributed by atoms with E-state index in [0.717, 1.165) is 25.7 Å². The predicted octanol–water partition coefficient (Wildman–Crippen LogP) is 2.93. The van der Waals surface area contributed by atoms with E-state index in [4.69, 9.17) is 4.74 Å². The van der Waals surface area contributed by atoms with E-state index in [9.17, 15) is 9.59 Å². The molecule has 0 spiro atoms. The van der Waals surface area contributed by atoms with Crippen molar-refractivity contribution in [3.8, 4) is 0 Å². The van der Waals surface area contributed by atoms with Crippen LogP contribution in [0.3, 0.4) is 0 Å². The Morgan fingerprint density at radius 3 is 1.53 bits per heavy atom. The van der Waals surface area contributed by atoms with Crippen LogP contribution in [-0.2, 0) is 14.3 Å². The first-order valence-corrected chi connectivity index (χ1v) is 5.78. The molecule has 3 nitrogen and oxygen atoms in total. The minimum absolute atomic E-state index is 0.173. The fourth-order valence-electron chi connectivity index (χ4n) is 1.40. The minimum atomic E-state index is -0.384. The molecule has 0 saturated carbocycles. The van der Waals surface area contributed by atoms with Gasteiger partial charge in [-0.25, -0.2) is 0 Å². The van der Waals surface area contributed by atoms with Crippen molar-refractivity contribution in [1.29, 1.82) is 0 Å². The molecule has 15 heavy (non-hydrogen) atoms. The lowest BCUT2D eigenvalue weighted by Crippen LogP contribution is -2.23. The van der Waals surface area contributed by atoms with Crippen LogP contribution >= 0.6 is 0 Å². The van der Waals surface area contributed by atoms with Gasteiger partial charge in [0.15, 0.2) is 0 Å². The fourth-order valence-corrected chi connectivity index (χ4v) is 1.40. The topological polar surface area (TPSA) is 43.4 Å². The van der Waals surface area contributed by atoms with Crippen LogP contribution in [0.15, 0.2) is 0 Å². The molecule has 0 N–H and O–H groups in total. The SMILES string of the molecule is CCC[C@H](C)C(=O)OC(=O)[C@@H](C)CCC. The van der Waals surface area contributed by atoms with E-state index in [2.05, 4.69) is 0 Å². The molecule has 0 saturated heterocycles. The van der Waals surface area contributed by atoms with Gasteiger partial charge in [-0.2, -0.15) is 0 Å². The molecule has 0 fully saturated rings. The summed E-state index contributed by atoms with van der Waals surface area (Å²) < 4.78 is 4.80. The molecular formula is C12H22O3. The van der Waals surface area contributed by atoms with E-state index in [0.29, 0.717) is 0 Å². The van der Waals surface area contributed by atoms with Crippen LogP contribution in [0.2, 0.25) is 0 Å². The molecule has 0 aliphatic rings. The summed E-state index contributed by atoms with van der Waals surface area (Å²) in [5.74, 6) is -1.12. The lowest BCUT2D eigenvalue weighted by molar-refractivity contribution is -0.165. The van der Waals surface area contributed by atoms with Crippen LogP contribution < -0.4 is 0 Å². The number of carbonyl (C=O) groups excluding carboxylic acids is 2. The van der Waals surface area contributed by atoms with Gasteiger partial charge in [-0.15, -0.1) is 0 Å². The van der Waals surface area contributed by atoms with Gasteiger partial charge >= 0.3 is 11.9 Å². The van der Waals surface area contributed by atoms with Crippen LogP contribution in [0.5, 0.6) is 0 Å². The summed E-state index contributed by atoms with van der Waals surface area (Å²) in [6.07, 6.45) is 3.40. The van der Waals surface area contributed by atoms with E-state index in [-0.39, 0.29) is 23.8 Å². The average molecular weight is 214 g/mol. The van der Waals surface area contributed by atoms with Crippen LogP contribution in [0, 0.1) is 11.8 Å². The van der Waals surface area contributed by atoms with Crippen molar-refractivity contribution in [2.45, 2.75) is 53.4 Å². The fraction of sp³-hybridized carbons (Fsp3) is 0.833. The molecule has 2 atom stereocenters. The van der Waals surface area contributed by atoms with Gasteiger partial charge in [0.05, 0.1) is 11.8 Å². The molecule has 0 rings (SSSR count). The predicted molar refractivity (Wildman–Crippen MR) is 59.2 cm³/mol. The third kappa shape index (κ3) is 5.55. The number of rotatable bonds is 6. The molecule has 3 heteroatoms. The van der Waals surface area contributed by atoms with Crippen molar-refractivity contribution in [2.75, 3.05) is 0 Å². The lowest BCUT2D eigenvalue weighted by atomic mass is 10.1. The third-order valence-corrected chi connectivity index (χ3v) is 2.45. The maximum Gasteiger partial charge on any atom is 0.316 e. The van der Waals surface area contributed by atoms with Gasteiger partial charge in [-0.1, -0.05) is 40.5 Å². The van der Waals surface area contributed by atoms with Crippen LogP contribution in [0.4, 0.5) is 0 Å². The van der Waals surface area contributed by atoms with Crippen molar-refractivity contribution >= 4 is 11.9 Å². The number of hydrogen-bond acceptors (Lipinski definition) is 3. The van der Waals surface area contributed by atoms with E-state index in [1.165, 1.54) is 0 Å². The van der Waals surface area contributed by atoms with Crippen molar-refractivity contribution < 1.29 is 14.3 Å². The second-order valence-electron chi connectivity index (χ2n) is 4.12. The van der Waals surface area contributed by atoms with Crippen molar-refractivity contribution in [2.24, 2.45) is 11.8 Å². The first-order chi connectivity index (χ1) is 7.02. The summed E-state index contributed by atoms with van der Waals surface area (Å²) in [6.45, 7) is 7.60. The summed E-state index contributed by atoms with van der Waals surface area (Å²) in [7, 11) is 0. The van der Waals surface area contributed by atoms with Gasteiger partial charge in [-0.3, -0.25) is 9.59 Å². The quantitative estimate of drug-likeness (QED) is 0.504. The highest BCUT2D eigenvalue weighted by molar-refractivity contribution is 5.87. The second-order valence-corrected chi connectivity index (χ2v) is 4.12. The Morgan fingerprint density at radius 1 is 0.933 bits per heavy atom. The summed E-state index contributed by atoms with van der Waals surface area (Å²) >= 11 is 0. The molecule has 0 heterocycles. The molecule has 0 aromatic rings. The maximum absolute atomic E-state index is 11.4. The highest BCUT2D eigenvalue weighted by Gasteiger charge is 2.21. The Bertz CT molecular complexity index is 189. The van der Waals surface area contributed by atoms with E-state index >= 15 is 0 Å². The average Bonchev–Trinajstić information content (AvgIpc) is 2.18. The Labute approximate surface area is 92.2 Å². The summed E-state index contributed by atoms with van der Waals surface area (Å²) in [6, 6.07) is 0. The Morgan fingerprint density at radius 2 is 1.27 bits per heavy atom. The first kappa shape index (κ1) is 14.1. The zero-order valence-corrected chi connectivity index (χ0v) is 10.2. The molecule has 0 radical (unpaired) electrons. The molecule has 0 aliphatic heterocycles. The van der Waals surface area contributed by atoms with Gasteiger partial charge in [0.2, 0.25) is 0 Å². The summed E-state index contributed by atoms with van der Waals surface area (Å²) in [4.78, 5) is 22.8. The zero-order chi connectivity index (χ0) is 11.8. The van der Waals surface area contributed by atoms with Crippen molar-refractivity contribution in [3.05, 3.63) is 0 Å². The molecule has 0 aromatic heterocycles. The van der Waals surface area contributed by atoms with Gasteiger partial charge in [0.25, 0.3) is 0 Å². The summed E-state index contributed by atoms with van der Waals surface area (Å²) in [5, 5.41) is 0. The Hall–Kier alpha value is -0.860. The van der Waals surface area contributed by atoms with Gasteiger partial charge in [0, 0.05) is 0 Å². The minimum Gasteiger partial charge on any atom is -0.393 e. The highest BCUT2D eigenvalue weighted by atomic mass is 16.6. The van der Waals surface area contributed by atoms with E-state index in [1.807, 2.05) is 13.8 Å². The number of hydrogen-bond donors (Lipinski definition) is 0. The van der Waals surface area contributed by atoms with Gasteiger partial charge in [-0.05, 0) is 12.8 Å². The molecule has 0 aromatic carbocycles. The number of ether oxygens (including phenoxy) is 1. The number of carbonyl (C=O) groups is 2. The molecular weight excluding hydrogens is 192 g/mol. The molecule has 88 valence electrons. The van der Waals surface area contributed by atoms with E-state index in [1.54, 1.807) is 13.8 Å². The normalized spacial score (nSPS) is 14.4. The molecule has 0 amide bonds. The monoisotopic (exact) mass is 214 g/mol. The van der Waals surface area contributed by atoms with Crippen LogP contribution in [-0.4, -0.2) is 11.9 Å². The lowest BCUT2D eigenvalue weighted by Gasteiger charge is -2.12. The second kappa shape index (κ2) is 7.43. The zero-order valence-electron chi connectivity index (χ0n) is 10.2. The van der Waals surface area contributed by atoms with Crippen LogP contribution in [0.1, 0.15) is 53.4 Å². The smallest absolute Gasteiger partial charge is 0.316 e. The summed E-state index contributed by atoms with van der Waals surface area (Å²) in [5.41, 5.74) is 0. The van der Waals surface area contributed by atoms with Crippen molar-refractivity contribution in [1.82, 2.24) is 0 Å². The van der Waals surface area contributed by atoms with E-state index < -0.39 is 0 Å². The largest absolute Gasteiger partial charge is 0.393 e. The Kier molecular flexibility index (Phi) is 7.01. The molecule has 0 unspecified atom stereocenters. The highest BCUT2D eigenvalue weighted by Crippen LogP contribution is 2.11. The standard InChI is InChI=1S/C12H22O3/c1-5-7-9(3)11(13)15-12(14)10(4)8-6-2/h9-10H,5-8H2,1-4H3/t9-,10-/m0/s1.